The van der Waals surface area contributed by atoms with Crippen LogP contribution >= 0.6 is 0 Å². The molecule has 10 heavy (non-hydrogen) atoms. The lowest BCUT2D eigenvalue weighted by Crippen LogP contribution is -2.20. The summed E-state index contributed by atoms with van der Waals surface area (Å²) in [6.45, 7) is 6.91. The van der Waals surface area contributed by atoms with Gasteiger partial charge in [0.1, 0.15) is 0 Å². The van der Waals surface area contributed by atoms with Gasteiger partial charge in [-0.25, -0.2) is 0 Å². The van der Waals surface area contributed by atoms with E-state index in [9.17, 15) is 0 Å². The van der Waals surface area contributed by atoms with E-state index in [1.165, 1.54) is 6.42 Å². The molecule has 0 aliphatic carbocycles. The van der Waals surface area contributed by atoms with Crippen LogP contribution in [-0.4, -0.2) is 26.7 Å². The Kier molecular flexibility index (Phi) is 8.37. The van der Waals surface area contributed by atoms with Crippen molar-refractivity contribution in [3.05, 3.63) is 12.7 Å². The summed E-state index contributed by atoms with van der Waals surface area (Å²) in [7, 11) is 1.98. The van der Waals surface area contributed by atoms with Crippen LogP contribution in [0.15, 0.2) is 12.7 Å². The van der Waals surface area contributed by atoms with Crippen LogP contribution in [-0.2, 0) is 0 Å². The maximum atomic E-state index is 3.64. The summed E-state index contributed by atoms with van der Waals surface area (Å²) >= 11 is 0. The van der Waals surface area contributed by atoms with E-state index in [2.05, 4.69) is 17.2 Å². The predicted octanol–water partition coefficient (Wildman–Crippen LogP) is 0.762. The molecular weight excluding hydrogens is 124 g/mol. The molecule has 0 spiro atoms. The van der Waals surface area contributed by atoms with Crippen LogP contribution in [0, 0.1) is 0 Å². The smallest absolute Gasteiger partial charge is 0.00144 e. The predicted molar refractivity (Wildman–Crippen MR) is 46.2 cm³/mol. The van der Waals surface area contributed by atoms with Crippen molar-refractivity contribution in [1.82, 2.24) is 10.6 Å². The fourth-order valence-corrected chi connectivity index (χ4v) is 0.719. The maximum absolute atomic E-state index is 3.64. The molecule has 0 aromatic carbocycles. The van der Waals surface area contributed by atoms with Gasteiger partial charge in [-0.2, -0.15) is 0 Å². The van der Waals surface area contributed by atoms with Crippen molar-refractivity contribution in [3.63, 3.8) is 0 Å². The topological polar surface area (TPSA) is 24.1 Å². The van der Waals surface area contributed by atoms with Gasteiger partial charge in [0.15, 0.2) is 0 Å². The highest BCUT2D eigenvalue weighted by molar-refractivity contribution is 4.67. The minimum atomic E-state index is 1.06. The van der Waals surface area contributed by atoms with Gasteiger partial charge in [-0.15, -0.1) is 6.58 Å². The van der Waals surface area contributed by atoms with Crippen molar-refractivity contribution >= 4 is 0 Å². The average molecular weight is 142 g/mol. The fourth-order valence-electron chi connectivity index (χ4n) is 0.719. The van der Waals surface area contributed by atoms with Gasteiger partial charge in [0, 0.05) is 0 Å². The van der Waals surface area contributed by atoms with E-state index in [4.69, 9.17) is 0 Å². The van der Waals surface area contributed by atoms with Crippen molar-refractivity contribution < 1.29 is 0 Å². The van der Waals surface area contributed by atoms with Crippen LogP contribution in [0.3, 0.4) is 0 Å². The molecule has 2 heteroatoms. The Morgan fingerprint density at radius 3 is 2.70 bits per heavy atom. The Hall–Kier alpha value is -0.340. The number of hydrogen-bond donors (Lipinski definition) is 2. The Bertz CT molecular complexity index is 71.7. The van der Waals surface area contributed by atoms with Crippen molar-refractivity contribution in [3.8, 4) is 0 Å². The van der Waals surface area contributed by atoms with Gasteiger partial charge in [0.05, 0.1) is 0 Å². The van der Waals surface area contributed by atoms with Gasteiger partial charge in [-0.3, -0.25) is 0 Å². The largest absolute Gasteiger partial charge is 0.320 e. The van der Waals surface area contributed by atoms with Gasteiger partial charge >= 0.3 is 0 Å². The molecule has 0 saturated heterocycles. The highest BCUT2D eigenvalue weighted by Gasteiger charge is 1.83. The van der Waals surface area contributed by atoms with Gasteiger partial charge in [-0.1, -0.05) is 6.08 Å². The maximum Gasteiger partial charge on any atom is -0.00144 e. The van der Waals surface area contributed by atoms with Crippen LogP contribution in [0.2, 0.25) is 0 Å². The van der Waals surface area contributed by atoms with Gasteiger partial charge in [0.25, 0.3) is 0 Å². The fraction of sp³-hybridized carbons (Fsp3) is 0.750. The number of hydrogen-bond acceptors (Lipinski definition) is 2. The van der Waals surface area contributed by atoms with E-state index >= 15 is 0 Å². The SMILES string of the molecule is C=CCCNCCCNC. The summed E-state index contributed by atoms with van der Waals surface area (Å²) in [6, 6.07) is 0. The summed E-state index contributed by atoms with van der Waals surface area (Å²) in [6.07, 6.45) is 4.21. The molecule has 0 aliphatic rings. The highest BCUT2D eigenvalue weighted by atomic mass is 14.9. The third-order valence-electron chi connectivity index (χ3n) is 1.31. The molecule has 0 bridgehead atoms. The molecule has 0 radical (unpaired) electrons. The third kappa shape index (κ3) is 7.66. The quantitative estimate of drug-likeness (QED) is 0.405. The van der Waals surface area contributed by atoms with Crippen molar-refractivity contribution in [2.75, 3.05) is 26.7 Å². The third-order valence-corrected chi connectivity index (χ3v) is 1.31. The molecule has 0 rings (SSSR count). The van der Waals surface area contributed by atoms with Crippen LogP contribution in [0.25, 0.3) is 0 Å². The molecule has 0 aromatic heterocycles. The lowest BCUT2D eigenvalue weighted by molar-refractivity contribution is 0.629. The molecule has 0 atom stereocenters. The summed E-state index contributed by atoms with van der Waals surface area (Å²) in [5.74, 6) is 0. The number of rotatable bonds is 7. The standard InChI is InChI=1S/C8H18N2/c1-3-4-7-10-8-5-6-9-2/h3,9-10H,1,4-8H2,2H3. The molecular formula is C8H18N2. The Morgan fingerprint density at radius 2 is 2.10 bits per heavy atom. The normalized spacial score (nSPS) is 9.70. The molecule has 2 nitrogen and oxygen atoms in total. The first-order valence-corrected chi connectivity index (χ1v) is 3.88. The molecule has 0 amide bonds. The minimum absolute atomic E-state index is 1.06. The first kappa shape index (κ1) is 9.66. The monoisotopic (exact) mass is 142 g/mol. The molecule has 2 N–H and O–H groups in total. The number of nitrogens with one attached hydrogen (secondary N) is 2. The van der Waals surface area contributed by atoms with Crippen molar-refractivity contribution in [1.29, 1.82) is 0 Å². The second-order valence-electron chi connectivity index (χ2n) is 2.28. The molecule has 0 fully saturated rings. The lowest BCUT2D eigenvalue weighted by atomic mass is 10.4. The van der Waals surface area contributed by atoms with E-state index in [-0.39, 0.29) is 0 Å². The zero-order valence-corrected chi connectivity index (χ0v) is 6.82. The molecule has 60 valence electrons. The van der Waals surface area contributed by atoms with Crippen LogP contribution < -0.4 is 10.6 Å². The minimum Gasteiger partial charge on any atom is -0.320 e. The second-order valence-corrected chi connectivity index (χ2v) is 2.28. The summed E-state index contributed by atoms with van der Waals surface area (Å²) in [5.41, 5.74) is 0. The van der Waals surface area contributed by atoms with E-state index < -0.39 is 0 Å². The first-order valence-electron chi connectivity index (χ1n) is 3.88. The summed E-state index contributed by atoms with van der Waals surface area (Å²) in [5, 5.41) is 6.41. The van der Waals surface area contributed by atoms with E-state index in [1.54, 1.807) is 0 Å². The highest BCUT2D eigenvalue weighted by Crippen LogP contribution is 1.76. The van der Waals surface area contributed by atoms with E-state index in [0.29, 0.717) is 0 Å². The average Bonchev–Trinajstić information content (AvgIpc) is 1.97. The molecule has 0 aromatic rings. The molecule has 0 aliphatic heterocycles. The van der Waals surface area contributed by atoms with Crippen molar-refractivity contribution in [2.45, 2.75) is 12.8 Å². The van der Waals surface area contributed by atoms with Crippen molar-refractivity contribution in [2.24, 2.45) is 0 Å². The van der Waals surface area contributed by atoms with E-state index in [0.717, 1.165) is 26.1 Å². The van der Waals surface area contributed by atoms with Crippen LogP contribution in [0.1, 0.15) is 12.8 Å². The zero-order valence-electron chi connectivity index (χ0n) is 6.82. The first-order chi connectivity index (χ1) is 4.91. The van der Waals surface area contributed by atoms with Crippen LogP contribution in [0.4, 0.5) is 0 Å². The zero-order chi connectivity index (χ0) is 7.66. The van der Waals surface area contributed by atoms with Gasteiger partial charge < -0.3 is 10.6 Å². The molecule has 0 saturated carbocycles. The van der Waals surface area contributed by atoms with Gasteiger partial charge in [-0.05, 0) is 39.5 Å². The Morgan fingerprint density at radius 1 is 1.30 bits per heavy atom. The Labute approximate surface area is 63.7 Å². The lowest BCUT2D eigenvalue weighted by Gasteiger charge is -2.00. The van der Waals surface area contributed by atoms with Gasteiger partial charge in [0.2, 0.25) is 0 Å². The second kappa shape index (κ2) is 8.66. The van der Waals surface area contributed by atoms with E-state index in [1.807, 2.05) is 13.1 Å². The Balaban J connectivity index is 2.70. The molecule has 0 heterocycles. The summed E-state index contributed by atoms with van der Waals surface area (Å²) in [4.78, 5) is 0. The van der Waals surface area contributed by atoms with Crippen LogP contribution in [0.5, 0.6) is 0 Å². The summed E-state index contributed by atoms with van der Waals surface area (Å²) < 4.78 is 0. The molecule has 0 unspecified atom stereocenters.